The lowest BCUT2D eigenvalue weighted by Gasteiger charge is -2.20. The van der Waals surface area contributed by atoms with Crippen molar-refractivity contribution in [3.63, 3.8) is 0 Å². The molecule has 0 spiro atoms. The van der Waals surface area contributed by atoms with Gasteiger partial charge in [-0.15, -0.1) is 0 Å². The molecule has 0 unspecified atom stereocenters. The average Bonchev–Trinajstić information content (AvgIpc) is 2.60. The zero-order valence-corrected chi connectivity index (χ0v) is 15.1. The van der Waals surface area contributed by atoms with Gasteiger partial charge in [0.15, 0.2) is 11.5 Å². The van der Waals surface area contributed by atoms with Crippen molar-refractivity contribution in [3.05, 3.63) is 23.8 Å². The van der Waals surface area contributed by atoms with Crippen molar-refractivity contribution >= 4 is 5.97 Å². The monoisotopic (exact) mass is 369 g/mol. The van der Waals surface area contributed by atoms with Gasteiger partial charge in [-0.3, -0.25) is 4.79 Å². The first-order valence-electron chi connectivity index (χ1n) is 8.63. The Labute approximate surface area is 153 Å². The predicted molar refractivity (Wildman–Crippen MR) is 93.8 cm³/mol. The molecule has 0 bridgehead atoms. The van der Waals surface area contributed by atoms with E-state index in [1.165, 1.54) is 6.92 Å². The van der Waals surface area contributed by atoms with Crippen LogP contribution in [0.3, 0.4) is 0 Å². The summed E-state index contributed by atoms with van der Waals surface area (Å²) in [6.45, 7) is 5.03. The van der Waals surface area contributed by atoms with Crippen LogP contribution < -0.4 is 15.2 Å². The molecule has 0 saturated carbocycles. The smallest absolute Gasteiger partial charge is 0.323 e. The molecule has 0 saturated heterocycles. The maximum Gasteiger partial charge on any atom is 0.323 e. The van der Waals surface area contributed by atoms with E-state index in [1.54, 1.807) is 18.2 Å². The second kappa shape index (κ2) is 10.3. The van der Waals surface area contributed by atoms with Crippen molar-refractivity contribution in [3.8, 4) is 11.5 Å². The number of hydrogen-bond acceptors (Lipinski definition) is 7. The summed E-state index contributed by atoms with van der Waals surface area (Å²) in [6.07, 6.45) is 0.177. The van der Waals surface area contributed by atoms with Crippen LogP contribution in [-0.4, -0.2) is 69.5 Å². The summed E-state index contributed by atoms with van der Waals surface area (Å²) in [4.78, 5) is 11.2. The zero-order valence-electron chi connectivity index (χ0n) is 15.1. The molecular weight excluding hydrogens is 342 g/mol. The van der Waals surface area contributed by atoms with Crippen LogP contribution in [-0.2, 0) is 25.4 Å². The van der Waals surface area contributed by atoms with Crippen LogP contribution in [0.15, 0.2) is 18.2 Å². The minimum absolute atomic E-state index is 0.177. The van der Waals surface area contributed by atoms with Crippen molar-refractivity contribution in [2.45, 2.75) is 18.9 Å². The molecule has 8 nitrogen and oxygen atoms in total. The van der Waals surface area contributed by atoms with E-state index in [1.807, 2.05) is 0 Å². The van der Waals surface area contributed by atoms with E-state index in [4.69, 9.17) is 29.4 Å². The number of benzene rings is 1. The topological polar surface area (TPSA) is 109 Å². The Balaban J connectivity index is 2.07. The fraction of sp³-hybridized carbons (Fsp3) is 0.611. The number of nitrogens with two attached hydrogens (primary N) is 1. The molecular formula is C18H27NO7. The lowest BCUT2D eigenvalue weighted by Crippen LogP contribution is -2.46. The van der Waals surface area contributed by atoms with Crippen LogP contribution in [0, 0.1) is 0 Å². The van der Waals surface area contributed by atoms with E-state index in [9.17, 15) is 9.90 Å². The normalized spacial score (nSPS) is 19.6. The number of carbonyl (C=O) groups is 1. The molecule has 0 aliphatic carbocycles. The van der Waals surface area contributed by atoms with Gasteiger partial charge < -0.3 is 34.5 Å². The van der Waals surface area contributed by atoms with Gasteiger partial charge in [0.1, 0.15) is 18.8 Å². The highest BCUT2D eigenvalue weighted by atomic mass is 16.6. The summed E-state index contributed by atoms with van der Waals surface area (Å²) in [5.74, 6) is 0.0366. The summed E-state index contributed by atoms with van der Waals surface area (Å²) in [5.41, 5.74) is 5.23. The Hall–Kier alpha value is -1.87. The number of hydrogen-bond donors (Lipinski definition) is 2. The number of rotatable bonds is 3. The Bertz CT molecular complexity index is 577. The SMILES string of the molecule is C[C@](N)(Cc1ccc2c(c1)OCCOCCOCCOCCO2)C(=O)O. The number of ether oxygens (including phenoxy) is 5. The van der Waals surface area contributed by atoms with E-state index >= 15 is 0 Å². The predicted octanol–water partition coefficient (Wildman–Crippen LogP) is 0.852. The van der Waals surface area contributed by atoms with Crippen molar-refractivity contribution in [1.82, 2.24) is 0 Å². The van der Waals surface area contributed by atoms with Crippen molar-refractivity contribution in [2.75, 3.05) is 52.9 Å². The van der Waals surface area contributed by atoms with Crippen LogP contribution in [0.5, 0.6) is 11.5 Å². The van der Waals surface area contributed by atoms with Gasteiger partial charge in [-0.2, -0.15) is 0 Å². The van der Waals surface area contributed by atoms with E-state index in [0.29, 0.717) is 64.4 Å². The van der Waals surface area contributed by atoms with Crippen LogP contribution in [0.4, 0.5) is 0 Å². The first-order valence-corrected chi connectivity index (χ1v) is 8.63. The van der Waals surface area contributed by atoms with Crippen LogP contribution in [0.2, 0.25) is 0 Å². The maximum atomic E-state index is 11.2. The maximum absolute atomic E-state index is 11.2. The number of aliphatic carboxylic acids is 1. The van der Waals surface area contributed by atoms with Crippen LogP contribution >= 0.6 is 0 Å². The van der Waals surface area contributed by atoms with Crippen molar-refractivity contribution in [1.29, 1.82) is 0 Å². The third-order valence-corrected chi connectivity index (χ3v) is 3.78. The van der Waals surface area contributed by atoms with Crippen LogP contribution in [0.25, 0.3) is 0 Å². The molecule has 0 fully saturated rings. The summed E-state index contributed by atoms with van der Waals surface area (Å²) in [5, 5.41) is 9.20. The second-order valence-corrected chi connectivity index (χ2v) is 6.21. The van der Waals surface area contributed by atoms with Crippen molar-refractivity contribution < 1.29 is 33.6 Å². The molecule has 1 aromatic carbocycles. The quantitative estimate of drug-likeness (QED) is 0.807. The Morgan fingerprint density at radius 1 is 0.962 bits per heavy atom. The molecule has 1 atom stereocenters. The van der Waals surface area contributed by atoms with Gasteiger partial charge in [0, 0.05) is 6.42 Å². The number of carboxylic acids is 1. The van der Waals surface area contributed by atoms with Gasteiger partial charge in [0.05, 0.1) is 39.6 Å². The molecule has 1 aliphatic heterocycles. The van der Waals surface area contributed by atoms with E-state index in [-0.39, 0.29) is 6.42 Å². The highest BCUT2D eigenvalue weighted by molar-refractivity contribution is 5.78. The highest BCUT2D eigenvalue weighted by Crippen LogP contribution is 2.29. The number of fused-ring (bicyclic) bond motifs is 1. The van der Waals surface area contributed by atoms with E-state index < -0.39 is 11.5 Å². The van der Waals surface area contributed by atoms with E-state index in [0.717, 1.165) is 5.56 Å². The zero-order chi connectivity index (χ0) is 18.8. The molecule has 3 N–H and O–H groups in total. The molecule has 2 rings (SSSR count). The van der Waals surface area contributed by atoms with Gasteiger partial charge in [-0.25, -0.2) is 0 Å². The van der Waals surface area contributed by atoms with Gasteiger partial charge in [0.25, 0.3) is 0 Å². The summed E-state index contributed by atoms with van der Waals surface area (Å²) in [7, 11) is 0. The molecule has 0 amide bonds. The average molecular weight is 369 g/mol. The van der Waals surface area contributed by atoms with Gasteiger partial charge in [-0.05, 0) is 24.6 Å². The minimum atomic E-state index is -1.36. The summed E-state index contributed by atoms with van der Waals surface area (Å²) in [6, 6.07) is 5.30. The highest BCUT2D eigenvalue weighted by Gasteiger charge is 2.28. The molecule has 0 aromatic heterocycles. The third kappa shape index (κ3) is 6.80. The Kier molecular flexibility index (Phi) is 8.11. The Morgan fingerprint density at radius 2 is 1.46 bits per heavy atom. The third-order valence-electron chi connectivity index (χ3n) is 3.78. The van der Waals surface area contributed by atoms with Crippen LogP contribution in [0.1, 0.15) is 12.5 Å². The molecule has 1 heterocycles. The summed E-state index contributed by atoms with van der Waals surface area (Å²) >= 11 is 0. The number of carboxylic acid groups (broad SMARTS) is 1. The van der Waals surface area contributed by atoms with E-state index in [2.05, 4.69) is 0 Å². The second-order valence-electron chi connectivity index (χ2n) is 6.21. The fourth-order valence-electron chi connectivity index (χ4n) is 2.36. The lowest BCUT2D eigenvalue weighted by atomic mass is 9.94. The largest absolute Gasteiger partial charge is 0.487 e. The first-order chi connectivity index (χ1) is 12.5. The molecule has 8 heteroatoms. The molecule has 1 aliphatic rings. The first kappa shape index (κ1) is 20.4. The minimum Gasteiger partial charge on any atom is -0.487 e. The molecule has 0 radical (unpaired) electrons. The van der Waals surface area contributed by atoms with Gasteiger partial charge in [-0.1, -0.05) is 6.07 Å². The molecule has 146 valence electrons. The Morgan fingerprint density at radius 3 is 2.00 bits per heavy atom. The lowest BCUT2D eigenvalue weighted by molar-refractivity contribution is -0.142. The summed E-state index contributed by atoms with van der Waals surface area (Å²) < 4.78 is 27.7. The standard InChI is InChI=1S/C18H27NO7/c1-18(19,17(20)21)13-14-2-3-15-16(12-14)26-11-9-24-7-5-22-4-6-23-8-10-25-15/h2-3,12H,4-11,13,19H2,1H3,(H,20,21)/t18-/m0/s1. The van der Waals surface area contributed by atoms with Crippen molar-refractivity contribution in [2.24, 2.45) is 5.73 Å². The van der Waals surface area contributed by atoms with Gasteiger partial charge >= 0.3 is 5.97 Å². The molecule has 26 heavy (non-hydrogen) atoms. The van der Waals surface area contributed by atoms with Gasteiger partial charge in [0.2, 0.25) is 0 Å². The fourth-order valence-corrected chi connectivity index (χ4v) is 2.36. The molecule has 1 aromatic rings.